The van der Waals surface area contributed by atoms with Crippen LogP contribution in [-0.2, 0) is 4.79 Å². The van der Waals surface area contributed by atoms with Gasteiger partial charge in [0.1, 0.15) is 0 Å². The van der Waals surface area contributed by atoms with Crippen LogP contribution in [0, 0.1) is 0 Å². The second-order valence-electron chi connectivity index (χ2n) is 4.14. The minimum atomic E-state index is 0.161. The number of nitrogens with zero attached hydrogens (tertiary/aromatic N) is 2. The Bertz CT molecular complexity index is 176. The van der Waals surface area contributed by atoms with Crippen LogP contribution in [0.15, 0.2) is 0 Å². The molecule has 0 aromatic rings. The molecule has 1 rings (SSSR count). The third kappa shape index (κ3) is 4.58. The van der Waals surface area contributed by atoms with Crippen LogP contribution in [0.2, 0.25) is 0 Å². The van der Waals surface area contributed by atoms with Gasteiger partial charge in [-0.15, -0.1) is 0 Å². The van der Waals surface area contributed by atoms with Gasteiger partial charge in [-0.05, 0) is 40.0 Å². The first-order chi connectivity index (χ1) is 6.68. The third-order valence-electron chi connectivity index (χ3n) is 2.45. The Morgan fingerprint density at radius 1 is 1.36 bits per heavy atom. The summed E-state index contributed by atoms with van der Waals surface area (Å²) < 4.78 is 0. The van der Waals surface area contributed by atoms with Gasteiger partial charge in [0.05, 0.1) is 6.54 Å². The molecule has 14 heavy (non-hydrogen) atoms. The molecule has 4 nitrogen and oxygen atoms in total. The first kappa shape index (κ1) is 11.5. The molecule has 1 aliphatic heterocycles. The normalized spacial score (nSPS) is 17.6. The maximum atomic E-state index is 11.4. The summed E-state index contributed by atoms with van der Waals surface area (Å²) in [4.78, 5) is 15.7. The number of nitrogens with one attached hydrogen (secondary N) is 1. The number of likely N-dealkylation sites (N-methyl/N-ethyl adjacent to an activating group) is 1. The monoisotopic (exact) mass is 199 g/mol. The van der Waals surface area contributed by atoms with Crippen molar-refractivity contribution in [2.75, 3.05) is 46.8 Å². The third-order valence-corrected chi connectivity index (χ3v) is 2.45. The number of rotatable bonds is 5. The van der Waals surface area contributed by atoms with E-state index in [1.807, 2.05) is 14.1 Å². The van der Waals surface area contributed by atoms with Crippen LogP contribution in [0.4, 0.5) is 0 Å². The molecule has 0 radical (unpaired) electrons. The summed E-state index contributed by atoms with van der Waals surface area (Å²) in [6.45, 7) is 4.40. The van der Waals surface area contributed by atoms with Gasteiger partial charge in [0.15, 0.2) is 0 Å². The van der Waals surface area contributed by atoms with Gasteiger partial charge in [0.25, 0.3) is 0 Å². The molecule has 0 aliphatic carbocycles. The maximum Gasteiger partial charge on any atom is 0.234 e. The van der Waals surface area contributed by atoms with Gasteiger partial charge in [-0.3, -0.25) is 9.69 Å². The van der Waals surface area contributed by atoms with E-state index in [0.717, 1.165) is 26.2 Å². The molecule has 0 bridgehead atoms. The predicted molar refractivity (Wildman–Crippen MR) is 57.2 cm³/mol. The lowest BCUT2D eigenvalue weighted by Gasteiger charge is -2.15. The Morgan fingerprint density at radius 2 is 2.00 bits per heavy atom. The van der Waals surface area contributed by atoms with Crippen LogP contribution in [0.1, 0.15) is 12.8 Å². The minimum Gasteiger partial charge on any atom is -0.354 e. The zero-order valence-corrected chi connectivity index (χ0v) is 9.25. The molecule has 0 aromatic heterocycles. The summed E-state index contributed by atoms with van der Waals surface area (Å²) in [5, 5.41) is 2.92. The van der Waals surface area contributed by atoms with Crippen LogP contribution < -0.4 is 5.32 Å². The fourth-order valence-electron chi connectivity index (χ4n) is 1.62. The van der Waals surface area contributed by atoms with Crippen molar-refractivity contribution in [3.8, 4) is 0 Å². The summed E-state index contributed by atoms with van der Waals surface area (Å²) in [5.74, 6) is 0.161. The fraction of sp³-hybridized carbons (Fsp3) is 0.900. The standard InChI is InChI=1S/C10H21N3O/c1-12(2)8-5-11-10(14)9-13-6-3-4-7-13/h3-9H2,1-2H3,(H,11,14). The molecule has 1 saturated heterocycles. The molecule has 0 spiro atoms. The number of amides is 1. The predicted octanol–water partition coefficient (Wildman–Crippen LogP) is -0.240. The molecule has 0 atom stereocenters. The smallest absolute Gasteiger partial charge is 0.234 e. The Morgan fingerprint density at radius 3 is 2.57 bits per heavy atom. The van der Waals surface area contributed by atoms with Crippen LogP contribution in [0.3, 0.4) is 0 Å². The number of hydrogen-bond donors (Lipinski definition) is 1. The van der Waals surface area contributed by atoms with Crippen molar-refractivity contribution in [2.45, 2.75) is 12.8 Å². The summed E-state index contributed by atoms with van der Waals surface area (Å²) in [5.41, 5.74) is 0. The van der Waals surface area contributed by atoms with Gasteiger partial charge < -0.3 is 10.2 Å². The molecular weight excluding hydrogens is 178 g/mol. The first-order valence-electron chi connectivity index (χ1n) is 5.32. The molecule has 82 valence electrons. The van der Waals surface area contributed by atoms with E-state index in [1.165, 1.54) is 12.8 Å². The minimum absolute atomic E-state index is 0.161. The van der Waals surface area contributed by atoms with Crippen molar-refractivity contribution in [1.29, 1.82) is 0 Å². The quantitative estimate of drug-likeness (QED) is 0.664. The van der Waals surface area contributed by atoms with Gasteiger partial charge in [-0.25, -0.2) is 0 Å². The van der Waals surface area contributed by atoms with E-state index in [4.69, 9.17) is 0 Å². The van der Waals surface area contributed by atoms with Crippen LogP contribution in [0.25, 0.3) is 0 Å². The van der Waals surface area contributed by atoms with E-state index < -0.39 is 0 Å². The lowest BCUT2D eigenvalue weighted by Crippen LogP contribution is -2.38. The largest absolute Gasteiger partial charge is 0.354 e. The van der Waals surface area contributed by atoms with Crippen molar-refractivity contribution in [1.82, 2.24) is 15.1 Å². The van der Waals surface area contributed by atoms with Gasteiger partial charge in [-0.1, -0.05) is 0 Å². The number of carbonyl (C=O) groups is 1. The SMILES string of the molecule is CN(C)CCNC(=O)CN1CCCC1. The highest BCUT2D eigenvalue weighted by Crippen LogP contribution is 2.05. The highest BCUT2D eigenvalue weighted by Gasteiger charge is 2.14. The van der Waals surface area contributed by atoms with Crippen molar-refractivity contribution >= 4 is 5.91 Å². The Kier molecular flexibility index (Phi) is 4.90. The van der Waals surface area contributed by atoms with Crippen LogP contribution in [-0.4, -0.2) is 62.5 Å². The summed E-state index contributed by atoms with van der Waals surface area (Å²) >= 11 is 0. The molecule has 1 heterocycles. The topological polar surface area (TPSA) is 35.6 Å². The molecule has 1 amide bonds. The Labute approximate surface area is 86.2 Å². The molecule has 1 fully saturated rings. The summed E-state index contributed by atoms with van der Waals surface area (Å²) in [7, 11) is 4.01. The maximum absolute atomic E-state index is 11.4. The van der Waals surface area contributed by atoms with E-state index in [0.29, 0.717) is 6.54 Å². The van der Waals surface area contributed by atoms with Crippen LogP contribution >= 0.6 is 0 Å². The molecular formula is C10H21N3O. The zero-order chi connectivity index (χ0) is 10.4. The molecule has 1 N–H and O–H groups in total. The highest BCUT2D eigenvalue weighted by atomic mass is 16.2. The van der Waals surface area contributed by atoms with Crippen molar-refractivity contribution in [3.05, 3.63) is 0 Å². The zero-order valence-electron chi connectivity index (χ0n) is 9.25. The second kappa shape index (κ2) is 5.98. The van der Waals surface area contributed by atoms with E-state index in [2.05, 4.69) is 15.1 Å². The van der Waals surface area contributed by atoms with Gasteiger partial charge >= 0.3 is 0 Å². The Hall–Kier alpha value is -0.610. The van der Waals surface area contributed by atoms with Gasteiger partial charge in [0, 0.05) is 13.1 Å². The average molecular weight is 199 g/mol. The van der Waals surface area contributed by atoms with Crippen molar-refractivity contribution in [3.63, 3.8) is 0 Å². The van der Waals surface area contributed by atoms with Crippen molar-refractivity contribution in [2.24, 2.45) is 0 Å². The fourth-order valence-corrected chi connectivity index (χ4v) is 1.62. The molecule has 0 aromatic carbocycles. The average Bonchev–Trinajstić information content (AvgIpc) is 2.56. The number of hydrogen-bond acceptors (Lipinski definition) is 3. The molecule has 1 aliphatic rings. The number of likely N-dealkylation sites (tertiary alicyclic amines) is 1. The molecule has 0 unspecified atom stereocenters. The molecule has 4 heteroatoms. The van der Waals surface area contributed by atoms with E-state index in [1.54, 1.807) is 0 Å². The van der Waals surface area contributed by atoms with Crippen LogP contribution in [0.5, 0.6) is 0 Å². The van der Waals surface area contributed by atoms with E-state index >= 15 is 0 Å². The van der Waals surface area contributed by atoms with E-state index in [-0.39, 0.29) is 5.91 Å². The van der Waals surface area contributed by atoms with Crippen molar-refractivity contribution < 1.29 is 4.79 Å². The lowest BCUT2D eigenvalue weighted by atomic mass is 10.4. The number of carbonyl (C=O) groups excluding carboxylic acids is 1. The second-order valence-corrected chi connectivity index (χ2v) is 4.14. The Balaban J connectivity index is 2.03. The summed E-state index contributed by atoms with van der Waals surface area (Å²) in [6.07, 6.45) is 2.48. The molecule has 0 saturated carbocycles. The summed E-state index contributed by atoms with van der Waals surface area (Å²) in [6, 6.07) is 0. The highest BCUT2D eigenvalue weighted by molar-refractivity contribution is 5.78. The van der Waals surface area contributed by atoms with E-state index in [9.17, 15) is 4.79 Å². The first-order valence-corrected chi connectivity index (χ1v) is 5.32. The lowest BCUT2D eigenvalue weighted by molar-refractivity contribution is -0.122. The van der Waals surface area contributed by atoms with Gasteiger partial charge in [-0.2, -0.15) is 0 Å². The van der Waals surface area contributed by atoms with Gasteiger partial charge in [0.2, 0.25) is 5.91 Å².